The highest BCUT2D eigenvalue weighted by Gasteiger charge is 2.28. The average Bonchev–Trinajstić information content (AvgIpc) is 3.69. The highest BCUT2D eigenvalue weighted by Crippen LogP contribution is 2.40. The Kier molecular flexibility index (Phi) is 8.36. The molecule has 6 rings (SSSR count). The molecule has 0 saturated heterocycles. The number of nitrogens with one attached hydrogen (secondary N) is 1. The number of methoxy groups -OCH3 is 1. The summed E-state index contributed by atoms with van der Waals surface area (Å²) in [6.07, 6.45) is 5.64. The zero-order valence-electron chi connectivity index (χ0n) is 25.5. The molecule has 232 valence electrons. The van der Waals surface area contributed by atoms with Crippen LogP contribution in [-0.2, 0) is 17.6 Å². The number of aryl methyl sites for hydroxylation is 2. The molecular formula is C34H36N6O5. The molecule has 4 heterocycles. The number of carbonyl (C=O) groups excluding carboxylic acids is 1. The monoisotopic (exact) mass is 608 g/mol. The van der Waals surface area contributed by atoms with Crippen molar-refractivity contribution in [1.82, 2.24) is 24.6 Å². The molecule has 0 fully saturated rings. The van der Waals surface area contributed by atoms with Crippen LogP contribution in [0, 0.1) is 0 Å². The van der Waals surface area contributed by atoms with Gasteiger partial charge < -0.3 is 25.2 Å². The molecule has 1 aliphatic carbocycles. The summed E-state index contributed by atoms with van der Waals surface area (Å²) in [5.74, 6) is 0.00114. The number of rotatable bonds is 9. The first-order valence-corrected chi connectivity index (χ1v) is 15.2. The number of anilines is 1. The van der Waals surface area contributed by atoms with Crippen molar-refractivity contribution in [2.24, 2.45) is 0 Å². The predicted octanol–water partition coefficient (Wildman–Crippen LogP) is 4.69. The summed E-state index contributed by atoms with van der Waals surface area (Å²) in [6, 6.07) is 16.0. The van der Waals surface area contributed by atoms with Crippen LogP contribution in [0.15, 0.2) is 60.8 Å². The molecule has 11 heteroatoms. The number of aliphatic hydroxyl groups is 1. The minimum absolute atomic E-state index is 0.0245. The molecule has 2 atom stereocenters. The lowest BCUT2D eigenvalue weighted by atomic mass is 9.96. The van der Waals surface area contributed by atoms with Crippen molar-refractivity contribution in [3.8, 4) is 23.0 Å². The molecule has 1 amide bonds. The second-order valence-electron chi connectivity index (χ2n) is 11.3. The van der Waals surface area contributed by atoms with Gasteiger partial charge in [-0.1, -0.05) is 37.3 Å². The van der Waals surface area contributed by atoms with Gasteiger partial charge in [0.15, 0.2) is 5.82 Å². The topological polar surface area (TPSA) is 143 Å². The zero-order valence-corrected chi connectivity index (χ0v) is 25.5. The van der Waals surface area contributed by atoms with E-state index in [0.717, 1.165) is 47.6 Å². The van der Waals surface area contributed by atoms with E-state index in [1.165, 1.54) is 41.6 Å². The number of aromatic nitrogens is 4. The molecule has 3 aromatic heterocycles. The van der Waals surface area contributed by atoms with E-state index in [1.807, 2.05) is 24.3 Å². The summed E-state index contributed by atoms with van der Waals surface area (Å²) in [5, 5.41) is 27.1. The third kappa shape index (κ3) is 5.78. The average molecular weight is 609 g/mol. The number of fused-ring (bicyclic) bond motifs is 1. The molecule has 0 spiro atoms. The van der Waals surface area contributed by atoms with Gasteiger partial charge in [-0.05, 0) is 79.1 Å². The predicted molar refractivity (Wildman–Crippen MR) is 169 cm³/mol. The van der Waals surface area contributed by atoms with E-state index in [1.54, 1.807) is 11.0 Å². The fraction of sp³-hybridized carbons (Fsp3) is 0.324. The van der Waals surface area contributed by atoms with E-state index in [2.05, 4.69) is 41.6 Å². The first kappa shape index (κ1) is 30.0. The fourth-order valence-corrected chi connectivity index (χ4v) is 6.29. The summed E-state index contributed by atoms with van der Waals surface area (Å²) >= 11 is 0. The van der Waals surface area contributed by atoms with E-state index in [9.17, 15) is 19.8 Å². The Labute approximate surface area is 261 Å². The van der Waals surface area contributed by atoms with Crippen molar-refractivity contribution in [3.63, 3.8) is 0 Å². The molecule has 2 unspecified atom stereocenters. The molecular weight excluding hydrogens is 572 g/mol. The molecule has 2 aliphatic rings. The summed E-state index contributed by atoms with van der Waals surface area (Å²) in [4.78, 5) is 35.4. The van der Waals surface area contributed by atoms with Crippen LogP contribution in [0.3, 0.4) is 0 Å². The summed E-state index contributed by atoms with van der Waals surface area (Å²) in [7, 11) is 1.41. The van der Waals surface area contributed by atoms with Crippen LogP contribution < -0.4 is 10.1 Å². The van der Waals surface area contributed by atoms with Crippen molar-refractivity contribution in [1.29, 1.82) is 0 Å². The number of carboxylic acid groups (broad SMARTS) is 1. The van der Waals surface area contributed by atoms with Crippen molar-refractivity contribution in [3.05, 3.63) is 88.8 Å². The van der Waals surface area contributed by atoms with Crippen molar-refractivity contribution < 1.29 is 24.5 Å². The number of hydrogen-bond donors (Lipinski definition) is 3. The lowest BCUT2D eigenvalue weighted by Gasteiger charge is -2.28. The summed E-state index contributed by atoms with van der Waals surface area (Å²) in [6.45, 7) is 4.65. The molecule has 4 aromatic rings. The van der Waals surface area contributed by atoms with Crippen molar-refractivity contribution in [2.45, 2.75) is 51.7 Å². The first-order valence-electron chi connectivity index (χ1n) is 15.2. The summed E-state index contributed by atoms with van der Waals surface area (Å²) < 4.78 is 6.75. The van der Waals surface area contributed by atoms with Crippen LogP contribution in [0.25, 0.3) is 22.6 Å². The number of aromatic carboxylic acids is 1. The van der Waals surface area contributed by atoms with Gasteiger partial charge in [0.05, 0.1) is 30.7 Å². The molecule has 1 aliphatic heterocycles. The van der Waals surface area contributed by atoms with Gasteiger partial charge in [-0.3, -0.25) is 4.79 Å². The quantitative estimate of drug-likeness (QED) is 0.247. The van der Waals surface area contributed by atoms with Gasteiger partial charge in [0.1, 0.15) is 17.5 Å². The van der Waals surface area contributed by atoms with E-state index in [4.69, 9.17) is 14.7 Å². The second kappa shape index (κ2) is 12.5. The molecule has 3 N–H and O–H groups in total. The number of ether oxygens (including phenoxy) is 1. The van der Waals surface area contributed by atoms with Crippen molar-refractivity contribution in [2.75, 3.05) is 25.5 Å². The molecule has 0 saturated carbocycles. The smallest absolute Gasteiger partial charge is 0.342 e. The first-order chi connectivity index (χ1) is 21.8. The largest absolute Gasteiger partial charge is 0.480 e. The maximum atomic E-state index is 12.2. The SMILES string of the molecule is CCc1nc(NC2CCc3cccc(-c4cccc(-n5ncc(C(=O)O)c5OC)n4)c32)ccc1C1=CCN(C(=O)C(C)O)CC1. The Balaban J connectivity index is 1.27. The maximum Gasteiger partial charge on any atom is 0.342 e. The molecule has 45 heavy (non-hydrogen) atoms. The van der Waals surface area contributed by atoms with E-state index < -0.39 is 12.1 Å². The van der Waals surface area contributed by atoms with Crippen molar-refractivity contribution >= 4 is 23.3 Å². The second-order valence-corrected chi connectivity index (χ2v) is 11.3. The van der Waals surface area contributed by atoms with E-state index in [-0.39, 0.29) is 23.4 Å². The number of hydrogen-bond acceptors (Lipinski definition) is 8. The third-order valence-corrected chi connectivity index (χ3v) is 8.48. The highest BCUT2D eigenvalue weighted by atomic mass is 16.5. The van der Waals surface area contributed by atoms with Crippen LogP contribution >= 0.6 is 0 Å². The number of carbonyl (C=O) groups is 2. The Morgan fingerprint density at radius 1 is 1.09 bits per heavy atom. The van der Waals surface area contributed by atoms with Crippen LogP contribution in [0.2, 0.25) is 0 Å². The Morgan fingerprint density at radius 3 is 2.62 bits per heavy atom. The lowest BCUT2D eigenvalue weighted by molar-refractivity contribution is -0.138. The van der Waals surface area contributed by atoms with E-state index in [0.29, 0.717) is 25.3 Å². The number of aliphatic hydroxyl groups excluding tert-OH is 1. The fourth-order valence-electron chi connectivity index (χ4n) is 6.29. The minimum Gasteiger partial charge on any atom is -0.480 e. The molecule has 0 radical (unpaired) electrons. The molecule has 1 aromatic carbocycles. The number of pyridine rings is 2. The highest BCUT2D eigenvalue weighted by molar-refractivity contribution is 5.90. The summed E-state index contributed by atoms with van der Waals surface area (Å²) in [5.41, 5.74) is 7.39. The number of nitrogens with zero attached hydrogens (tertiary/aromatic N) is 5. The van der Waals surface area contributed by atoms with Gasteiger partial charge in [-0.25, -0.2) is 14.8 Å². The normalized spacial score (nSPS) is 16.6. The van der Waals surface area contributed by atoms with Gasteiger partial charge in [-0.15, -0.1) is 0 Å². The van der Waals surface area contributed by atoms with Gasteiger partial charge in [0, 0.05) is 18.7 Å². The third-order valence-electron chi connectivity index (χ3n) is 8.48. The number of amides is 1. The van der Waals surface area contributed by atoms with Crippen LogP contribution in [0.1, 0.15) is 65.5 Å². The van der Waals surface area contributed by atoms with Gasteiger partial charge in [0.2, 0.25) is 5.88 Å². The van der Waals surface area contributed by atoms with Gasteiger partial charge in [-0.2, -0.15) is 9.78 Å². The molecule has 11 nitrogen and oxygen atoms in total. The van der Waals surface area contributed by atoms with Gasteiger partial charge in [0.25, 0.3) is 5.91 Å². The zero-order chi connectivity index (χ0) is 31.7. The van der Waals surface area contributed by atoms with Crippen LogP contribution in [-0.4, -0.2) is 73.0 Å². The Morgan fingerprint density at radius 2 is 1.91 bits per heavy atom. The Hall–Kier alpha value is -5.03. The molecule has 0 bridgehead atoms. The van der Waals surface area contributed by atoms with Gasteiger partial charge >= 0.3 is 5.97 Å². The van der Waals surface area contributed by atoms with E-state index >= 15 is 0 Å². The maximum absolute atomic E-state index is 12.2. The van der Waals surface area contributed by atoms with Crippen LogP contribution in [0.5, 0.6) is 5.88 Å². The number of carboxylic acids is 1. The van der Waals surface area contributed by atoms with Crippen LogP contribution in [0.4, 0.5) is 5.82 Å². The number of benzene rings is 1. The standard InChI is InChI=1S/C34H36N6O5/c1-4-26-23(21-15-17-39(18-16-21)32(42)20(2)41)12-14-29(36-26)37-28-13-11-22-7-5-8-24(31(22)28)27-9-6-10-30(38-27)40-33(45-3)25(19-35-40)34(43)44/h5-10,12,14-15,19-20,28,41H,4,11,13,16-18H2,1-3H3,(H,36,37)(H,43,44). The Bertz CT molecular complexity index is 1800. The lowest BCUT2D eigenvalue weighted by Crippen LogP contribution is -2.40. The minimum atomic E-state index is -1.12.